The fraction of sp³-hybridized carbons (Fsp3) is 0.294. The second-order valence-electron chi connectivity index (χ2n) is 5.41. The highest BCUT2D eigenvalue weighted by Gasteiger charge is 2.17. The summed E-state index contributed by atoms with van der Waals surface area (Å²) in [5.74, 6) is 2.59. The number of hydrogen-bond acceptors (Lipinski definition) is 1. The summed E-state index contributed by atoms with van der Waals surface area (Å²) in [6.07, 6.45) is 0.978. The van der Waals surface area contributed by atoms with Crippen molar-refractivity contribution in [2.24, 2.45) is 0 Å². The van der Waals surface area contributed by atoms with Gasteiger partial charge in [-0.05, 0) is 47.2 Å². The molecule has 0 radical (unpaired) electrons. The third kappa shape index (κ3) is 1.90. The van der Waals surface area contributed by atoms with Crippen LogP contribution in [0.5, 0.6) is 11.5 Å². The summed E-state index contributed by atoms with van der Waals surface area (Å²) >= 11 is 0. The first-order valence-corrected chi connectivity index (χ1v) is 6.53. The minimum absolute atomic E-state index is 0.565. The number of benzene rings is 2. The Balaban J connectivity index is 2.02. The average Bonchev–Trinajstić information content (AvgIpc) is 2.35. The summed E-state index contributed by atoms with van der Waals surface area (Å²) in [4.78, 5) is 0. The van der Waals surface area contributed by atoms with Gasteiger partial charge >= 0.3 is 0 Å². The molecule has 2 aromatic rings. The van der Waals surface area contributed by atoms with Gasteiger partial charge in [-0.15, -0.1) is 0 Å². The van der Waals surface area contributed by atoms with Crippen molar-refractivity contribution >= 4 is 0 Å². The average molecular weight is 238 g/mol. The van der Waals surface area contributed by atoms with Gasteiger partial charge in [0.2, 0.25) is 0 Å². The molecular weight excluding hydrogens is 220 g/mol. The van der Waals surface area contributed by atoms with E-state index in [0.29, 0.717) is 5.92 Å². The van der Waals surface area contributed by atoms with E-state index in [1.807, 2.05) is 0 Å². The van der Waals surface area contributed by atoms with E-state index in [9.17, 15) is 0 Å². The van der Waals surface area contributed by atoms with Gasteiger partial charge in [0.05, 0.1) is 0 Å². The predicted octanol–water partition coefficient (Wildman–Crippen LogP) is 4.81. The van der Waals surface area contributed by atoms with Crippen LogP contribution in [0.4, 0.5) is 0 Å². The Kier molecular flexibility index (Phi) is 2.62. The van der Waals surface area contributed by atoms with Gasteiger partial charge in [-0.3, -0.25) is 0 Å². The smallest absolute Gasteiger partial charge is 0.131 e. The lowest BCUT2D eigenvalue weighted by atomic mass is 9.94. The van der Waals surface area contributed by atoms with E-state index in [-0.39, 0.29) is 0 Å². The maximum atomic E-state index is 5.99. The molecule has 0 fully saturated rings. The topological polar surface area (TPSA) is 9.23 Å². The number of hydrogen-bond donors (Lipinski definition) is 0. The zero-order chi connectivity index (χ0) is 12.7. The Morgan fingerprint density at radius 1 is 0.944 bits per heavy atom. The molecule has 0 bridgehead atoms. The van der Waals surface area contributed by atoms with E-state index >= 15 is 0 Å². The molecule has 0 saturated carbocycles. The van der Waals surface area contributed by atoms with Crippen LogP contribution in [0.15, 0.2) is 36.4 Å². The van der Waals surface area contributed by atoms with Crippen molar-refractivity contribution in [2.45, 2.75) is 33.1 Å². The Labute approximate surface area is 108 Å². The third-order valence-electron chi connectivity index (χ3n) is 3.57. The van der Waals surface area contributed by atoms with E-state index in [4.69, 9.17) is 4.74 Å². The maximum absolute atomic E-state index is 5.99. The molecule has 0 amide bonds. The van der Waals surface area contributed by atoms with Crippen molar-refractivity contribution in [1.82, 2.24) is 0 Å². The summed E-state index contributed by atoms with van der Waals surface area (Å²) < 4.78 is 5.99. The van der Waals surface area contributed by atoms with Gasteiger partial charge in [0, 0.05) is 6.42 Å². The summed E-state index contributed by atoms with van der Waals surface area (Å²) in [7, 11) is 0. The fourth-order valence-electron chi connectivity index (χ4n) is 2.42. The van der Waals surface area contributed by atoms with Gasteiger partial charge in [0.1, 0.15) is 11.5 Å². The van der Waals surface area contributed by atoms with Gasteiger partial charge in [-0.25, -0.2) is 0 Å². The van der Waals surface area contributed by atoms with Gasteiger partial charge in [-0.1, -0.05) is 38.1 Å². The molecule has 1 heteroatoms. The first-order valence-electron chi connectivity index (χ1n) is 6.53. The molecule has 0 unspecified atom stereocenters. The van der Waals surface area contributed by atoms with Gasteiger partial charge in [-0.2, -0.15) is 0 Å². The lowest BCUT2D eigenvalue weighted by molar-refractivity contribution is 0.459. The molecule has 0 atom stereocenters. The second-order valence-corrected chi connectivity index (χ2v) is 5.41. The summed E-state index contributed by atoms with van der Waals surface area (Å²) in [6.45, 7) is 6.55. The van der Waals surface area contributed by atoms with E-state index in [0.717, 1.165) is 17.9 Å². The van der Waals surface area contributed by atoms with Crippen LogP contribution in [0.1, 0.15) is 42.0 Å². The third-order valence-corrected chi connectivity index (χ3v) is 3.57. The SMILES string of the molecule is Cc1ccc2c(c1)Oc1ccc(C(C)C)cc1C2. The van der Waals surface area contributed by atoms with E-state index in [1.54, 1.807) is 0 Å². The van der Waals surface area contributed by atoms with Crippen LogP contribution in [-0.4, -0.2) is 0 Å². The molecule has 1 aliphatic rings. The van der Waals surface area contributed by atoms with Gasteiger partial charge < -0.3 is 4.74 Å². The molecule has 1 nitrogen and oxygen atoms in total. The second kappa shape index (κ2) is 4.16. The van der Waals surface area contributed by atoms with Crippen LogP contribution in [0.25, 0.3) is 0 Å². The lowest BCUT2D eigenvalue weighted by Gasteiger charge is -2.22. The van der Waals surface area contributed by atoms with Gasteiger partial charge in [0.25, 0.3) is 0 Å². The van der Waals surface area contributed by atoms with Crippen molar-refractivity contribution < 1.29 is 4.74 Å². The Morgan fingerprint density at radius 3 is 2.56 bits per heavy atom. The van der Waals surface area contributed by atoms with Crippen molar-refractivity contribution in [3.63, 3.8) is 0 Å². The molecule has 2 aromatic carbocycles. The molecule has 0 aromatic heterocycles. The standard InChI is InChI=1S/C17H18O/c1-11(2)13-6-7-16-15(9-13)10-14-5-4-12(3)8-17(14)18-16/h4-9,11H,10H2,1-3H3. The van der Waals surface area contributed by atoms with Crippen LogP contribution in [0.3, 0.4) is 0 Å². The number of fused-ring (bicyclic) bond motifs is 2. The zero-order valence-electron chi connectivity index (χ0n) is 11.2. The monoisotopic (exact) mass is 238 g/mol. The fourth-order valence-corrected chi connectivity index (χ4v) is 2.42. The minimum Gasteiger partial charge on any atom is -0.457 e. The van der Waals surface area contributed by atoms with Crippen molar-refractivity contribution in [3.8, 4) is 11.5 Å². The molecular formula is C17H18O. The van der Waals surface area contributed by atoms with Crippen LogP contribution in [0.2, 0.25) is 0 Å². The van der Waals surface area contributed by atoms with Crippen LogP contribution >= 0.6 is 0 Å². The molecule has 3 rings (SSSR count). The first-order chi connectivity index (χ1) is 8.63. The Morgan fingerprint density at radius 2 is 1.78 bits per heavy atom. The largest absolute Gasteiger partial charge is 0.457 e. The number of aryl methyl sites for hydroxylation is 1. The predicted molar refractivity (Wildman–Crippen MR) is 74.6 cm³/mol. The number of ether oxygens (including phenoxy) is 1. The summed E-state index contributed by atoms with van der Waals surface area (Å²) in [5.41, 5.74) is 5.22. The summed E-state index contributed by atoms with van der Waals surface area (Å²) in [5, 5.41) is 0. The highest BCUT2D eigenvalue weighted by atomic mass is 16.5. The van der Waals surface area contributed by atoms with Crippen LogP contribution in [0, 0.1) is 6.92 Å². The molecule has 0 spiro atoms. The number of rotatable bonds is 1. The van der Waals surface area contributed by atoms with Crippen LogP contribution in [-0.2, 0) is 6.42 Å². The lowest BCUT2D eigenvalue weighted by Crippen LogP contribution is -2.04. The Bertz CT molecular complexity index is 597. The van der Waals surface area contributed by atoms with Crippen LogP contribution < -0.4 is 4.74 Å². The molecule has 0 aliphatic carbocycles. The highest BCUT2D eigenvalue weighted by Crippen LogP contribution is 2.38. The van der Waals surface area contributed by atoms with Crippen molar-refractivity contribution in [2.75, 3.05) is 0 Å². The first kappa shape index (κ1) is 11.3. The highest BCUT2D eigenvalue weighted by molar-refractivity contribution is 5.52. The Hall–Kier alpha value is -1.76. The molecule has 1 aliphatic heterocycles. The van der Waals surface area contributed by atoms with E-state index < -0.39 is 0 Å². The zero-order valence-corrected chi connectivity index (χ0v) is 11.2. The molecule has 1 heterocycles. The molecule has 0 N–H and O–H groups in total. The molecule has 18 heavy (non-hydrogen) atoms. The van der Waals surface area contributed by atoms with E-state index in [1.165, 1.54) is 22.3 Å². The molecule has 0 saturated heterocycles. The summed E-state index contributed by atoms with van der Waals surface area (Å²) in [6, 6.07) is 13.0. The minimum atomic E-state index is 0.565. The van der Waals surface area contributed by atoms with Crippen molar-refractivity contribution in [1.29, 1.82) is 0 Å². The molecule has 92 valence electrons. The van der Waals surface area contributed by atoms with Gasteiger partial charge in [0.15, 0.2) is 0 Å². The van der Waals surface area contributed by atoms with Crippen molar-refractivity contribution in [3.05, 3.63) is 58.7 Å². The maximum Gasteiger partial charge on any atom is 0.131 e. The quantitative estimate of drug-likeness (QED) is 0.591. The normalized spacial score (nSPS) is 12.9. The van der Waals surface area contributed by atoms with E-state index in [2.05, 4.69) is 57.2 Å².